The van der Waals surface area contributed by atoms with E-state index in [-0.39, 0.29) is 9.88 Å². The molecular formula is C13H13N3O2S2. The first kappa shape index (κ1) is 14.4. The van der Waals surface area contributed by atoms with Crippen molar-refractivity contribution in [3.05, 3.63) is 54.4 Å². The predicted molar refractivity (Wildman–Crippen MR) is 82.2 cm³/mol. The first-order valence-corrected chi connectivity index (χ1v) is 7.57. The molecule has 0 atom stereocenters. The number of hydrogen-bond donors (Lipinski definition) is 1. The highest BCUT2D eigenvalue weighted by molar-refractivity contribution is 7.93. The van der Waals surface area contributed by atoms with Gasteiger partial charge in [0.15, 0.2) is 0 Å². The molecule has 1 aromatic heterocycles. The number of nitrogens with zero attached hydrogens (tertiary/aromatic N) is 2. The number of aromatic nitrogens is 1. The van der Waals surface area contributed by atoms with E-state index in [1.165, 1.54) is 29.8 Å². The van der Waals surface area contributed by atoms with Crippen molar-refractivity contribution >= 4 is 32.9 Å². The fourth-order valence-corrected chi connectivity index (χ4v) is 3.38. The number of nitrogens with two attached hydrogens (primary N) is 1. The molecule has 0 aliphatic heterocycles. The lowest BCUT2D eigenvalue weighted by molar-refractivity contribution is 0.594. The molecule has 2 aromatic rings. The Balaban J connectivity index is 2.54. The van der Waals surface area contributed by atoms with Gasteiger partial charge in [0.2, 0.25) is 0 Å². The highest BCUT2D eigenvalue weighted by atomic mass is 32.2. The minimum atomic E-state index is -3.73. The normalized spacial score (nSPS) is 11.1. The SMILES string of the molecule is CN(c1ccncc1)S(=O)(=O)c1ccccc1C(N)=S. The fraction of sp³-hybridized carbons (Fsp3) is 0.0769. The summed E-state index contributed by atoms with van der Waals surface area (Å²) in [6.07, 6.45) is 3.06. The van der Waals surface area contributed by atoms with E-state index in [4.69, 9.17) is 18.0 Å². The van der Waals surface area contributed by atoms with Crippen LogP contribution < -0.4 is 10.0 Å². The molecule has 7 heteroatoms. The predicted octanol–water partition coefficient (Wildman–Crippen LogP) is 1.54. The highest BCUT2D eigenvalue weighted by Gasteiger charge is 2.24. The largest absolute Gasteiger partial charge is 0.389 e. The second kappa shape index (κ2) is 5.56. The smallest absolute Gasteiger partial charge is 0.264 e. The van der Waals surface area contributed by atoms with E-state index in [0.717, 1.165) is 0 Å². The zero-order valence-electron chi connectivity index (χ0n) is 10.7. The van der Waals surface area contributed by atoms with E-state index in [1.54, 1.807) is 30.3 Å². The standard InChI is InChI=1S/C13H13N3O2S2/c1-16(10-6-8-15-9-7-10)20(17,18)12-5-3-2-4-11(12)13(14)19/h2-9H,1H3,(H2,14,19). The first-order valence-electron chi connectivity index (χ1n) is 5.72. The molecule has 0 saturated carbocycles. The van der Waals surface area contributed by atoms with Gasteiger partial charge in [-0.15, -0.1) is 0 Å². The summed E-state index contributed by atoms with van der Waals surface area (Å²) in [5, 5.41) is 0. The molecule has 0 aliphatic rings. The fourth-order valence-electron chi connectivity index (χ4n) is 1.74. The van der Waals surface area contributed by atoms with Crippen molar-refractivity contribution < 1.29 is 8.42 Å². The third-order valence-corrected chi connectivity index (χ3v) is 4.88. The lowest BCUT2D eigenvalue weighted by atomic mass is 10.2. The van der Waals surface area contributed by atoms with Gasteiger partial charge >= 0.3 is 0 Å². The van der Waals surface area contributed by atoms with Crippen LogP contribution in [0.1, 0.15) is 5.56 Å². The third-order valence-electron chi connectivity index (χ3n) is 2.82. The van der Waals surface area contributed by atoms with Gasteiger partial charge in [-0.05, 0) is 18.2 Å². The molecule has 1 aromatic carbocycles. The maximum Gasteiger partial charge on any atom is 0.264 e. The average molecular weight is 307 g/mol. The lowest BCUT2D eigenvalue weighted by Crippen LogP contribution is -2.28. The summed E-state index contributed by atoms with van der Waals surface area (Å²) in [6, 6.07) is 9.63. The Morgan fingerprint density at radius 1 is 1.20 bits per heavy atom. The van der Waals surface area contributed by atoms with Crippen molar-refractivity contribution in [2.75, 3.05) is 11.4 Å². The molecule has 104 valence electrons. The molecular weight excluding hydrogens is 294 g/mol. The van der Waals surface area contributed by atoms with Crippen LogP contribution in [0.2, 0.25) is 0 Å². The summed E-state index contributed by atoms with van der Waals surface area (Å²) < 4.78 is 26.5. The van der Waals surface area contributed by atoms with Crippen LogP contribution in [0, 0.1) is 0 Å². The van der Waals surface area contributed by atoms with Gasteiger partial charge in [0, 0.05) is 25.0 Å². The Morgan fingerprint density at radius 3 is 2.40 bits per heavy atom. The van der Waals surface area contributed by atoms with Gasteiger partial charge in [0.25, 0.3) is 10.0 Å². The van der Waals surface area contributed by atoms with Crippen molar-refractivity contribution in [1.82, 2.24) is 4.98 Å². The van der Waals surface area contributed by atoms with Crippen molar-refractivity contribution in [1.29, 1.82) is 0 Å². The Bertz CT molecular complexity index is 730. The third kappa shape index (κ3) is 2.63. The van der Waals surface area contributed by atoms with Crippen molar-refractivity contribution in [3.8, 4) is 0 Å². The quantitative estimate of drug-likeness (QED) is 0.867. The van der Waals surface area contributed by atoms with Crippen LogP contribution in [-0.4, -0.2) is 25.4 Å². The number of pyridine rings is 1. The van der Waals surface area contributed by atoms with E-state index in [1.807, 2.05) is 0 Å². The van der Waals surface area contributed by atoms with Crippen LogP contribution in [0.15, 0.2) is 53.7 Å². The number of anilines is 1. The van der Waals surface area contributed by atoms with Gasteiger partial charge < -0.3 is 5.73 Å². The molecule has 1 heterocycles. The zero-order chi connectivity index (χ0) is 14.8. The molecule has 0 unspecified atom stereocenters. The van der Waals surface area contributed by atoms with Gasteiger partial charge in [-0.2, -0.15) is 0 Å². The maximum atomic E-state index is 12.6. The van der Waals surface area contributed by atoms with Crippen molar-refractivity contribution in [2.24, 2.45) is 5.73 Å². The number of hydrogen-bond acceptors (Lipinski definition) is 4. The van der Waals surface area contributed by atoms with Crippen LogP contribution in [0.5, 0.6) is 0 Å². The van der Waals surface area contributed by atoms with E-state index in [9.17, 15) is 8.42 Å². The van der Waals surface area contributed by atoms with E-state index >= 15 is 0 Å². The lowest BCUT2D eigenvalue weighted by Gasteiger charge is -2.20. The molecule has 0 bridgehead atoms. The number of benzene rings is 1. The van der Waals surface area contributed by atoms with Gasteiger partial charge in [-0.1, -0.05) is 30.4 Å². The van der Waals surface area contributed by atoms with Gasteiger partial charge in [0.05, 0.1) is 10.6 Å². The van der Waals surface area contributed by atoms with Crippen molar-refractivity contribution in [3.63, 3.8) is 0 Å². The van der Waals surface area contributed by atoms with Crippen molar-refractivity contribution in [2.45, 2.75) is 4.90 Å². The summed E-state index contributed by atoms with van der Waals surface area (Å²) in [7, 11) is -2.26. The second-order valence-electron chi connectivity index (χ2n) is 4.04. The number of rotatable bonds is 4. The van der Waals surface area contributed by atoms with E-state index in [2.05, 4.69) is 4.98 Å². The molecule has 0 radical (unpaired) electrons. The minimum Gasteiger partial charge on any atom is -0.389 e. The Kier molecular flexibility index (Phi) is 4.01. The van der Waals surface area contributed by atoms with Crippen LogP contribution >= 0.6 is 12.2 Å². The molecule has 0 spiro atoms. The van der Waals surface area contributed by atoms with Crippen LogP contribution in [0.25, 0.3) is 0 Å². The van der Waals surface area contributed by atoms with E-state index in [0.29, 0.717) is 11.3 Å². The molecule has 0 aliphatic carbocycles. The molecule has 20 heavy (non-hydrogen) atoms. The topological polar surface area (TPSA) is 76.3 Å². The van der Waals surface area contributed by atoms with Crippen LogP contribution in [0.4, 0.5) is 5.69 Å². The Morgan fingerprint density at radius 2 is 1.80 bits per heavy atom. The maximum absolute atomic E-state index is 12.6. The molecule has 0 amide bonds. The average Bonchev–Trinajstić information content (AvgIpc) is 2.47. The monoisotopic (exact) mass is 307 g/mol. The summed E-state index contributed by atoms with van der Waals surface area (Å²) in [6.45, 7) is 0. The molecule has 0 fully saturated rings. The molecule has 0 saturated heterocycles. The van der Waals surface area contributed by atoms with Crippen LogP contribution in [0.3, 0.4) is 0 Å². The summed E-state index contributed by atoms with van der Waals surface area (Å²) in [4.78, 5) is 4.00. The Labute approximate surface area is 123 Å². The van der Waals surface area contributed by atoms with Crippen LogP contribution in [-0.2, 0) is 10.0 Å². The first-order chi connectivity index (χ1) is 9.44. The molecule has 2 N–H and O–H groups in total. The van der Waals surface area contributed by atoms with Gasteiger partial charge in [-0.3, -0.25) is 9.29 Å². The molecule has 2 rings (SSSR count). The summed E-state index contributed by atoms with van der Waals surface area (Å²) >= 11 is 4.91. The zero-order valence-corrected chi connectivity index (χ0v) is 12.4. The van der Waals surface area contributed by atoms with Gasteiger partial charge in [0.1, 0.15) is 4.99 Å². The number of sulfonamides is 1. The molecule has 5 nitrogen and oxygen atoms in total. The minimum absolute atomic E-state index is 0.0484. The van der Waals surface area contributed by atoms with E-state index < -0.39 is 10.0 Å². The highest BCUT2D eigenvalue weighted by Crippen LogP contribution is 2.23. The Hall–Kier alpha value is -1.99. The van der Waals surface area contributed by atoms with Gasteiger partial charge in [-0.25, -0.2) is 8.42 Å². The second-order valence-corrected chi connectivity index (χ2v) is 6.42. The summed E-state index contributed by atoms with van der Waals surface area (Å²) in [5.74, 6) is 0. The number of thiocarbonyl (C=S) groups is 1. The summed E-state index contributed by atoms with van der Waals surface area (Å²) in [5.41, 5.74) is 6.44.